The number of rotatable bonds is 5. The number of piperidine rings is 1. The topological polar surface area (TPSA) is 58.1 Å². The molecule has 2 aromatic carbocycles. The highest BCUT2D eigenvalue weighted by Crippen LogP contribution is 2.35. The van der Waals surface area contributed by atoms with Gasteiger partial charge in [0.15, 0.2) is 5.13 Å². The normalized spacial score (nSPS) is 14.5. The fourth-order valence-corrected chi connectivity index (χ4v) is 5.43. The lowest BCUT2D eigenvalue weighted by Crippen LogP contribution is -2.33. The predicted molar refractivity (Wildman–Crippen MR) is 140 cm³/mol. The van der Waals surface area contributed by atoms with Gasteiger partial charge < -0.3 is 4.90 Å². The number of halogens is 3. The number of anilines is 2. The van der Waals surface area contributed by atoms with Crippen LogP contribution >= 0.6 is 11.3 Å². The number of amides is 1. The van der Waals surface area contributed by atoms with Crippen LogP contribution in [0.1, 0.15) is 45.1 Å². The molecule has 3 heterocycles. The molecule has 2 aromatic heterocycles. The van der Waals surface area contributed by atoms with Gasteiger partial charge in [0.1, 0.15) is 5.82 Å². The van der Waals surface area contributed by atoms with Crippen LogP contribution in [0.15, 0.2) is 72.9 Å². The summed E-state index contributed by atoms with van der Waals surface area (Å²) >= 11 is 1.42. The number of alkyl halides is 3. The van der Waals surface area contributed by atoms with Gasteiger partial charge in [-0.2, -0.15) is 13.2 Å². The van der Waals surface area contributed by atoms with Crippen molar-refractivity contribution >= 4 is 28.2 Å². The molecule has 9 heteroatoms. The quantitative estimate of drug-likeness (QED) is 0.302. The van der Waals surface area contributed by atoms with E-state index in [-0.39, 0.29) is 11.8 Å². The number of aryl methyl sites for hydroxylation is 1. The molecule has 4 aromatic rings. The molecule has 5 rings (SSSR count). The van der Waals surface area contributed by atoms with Crippen LogP contribution in [0.5, 0.6) is 0 Å². The van der Waals surface area contributed by atoms with Crippen molar-refractivity contribution in [2.75, 3.05) is 23.3 Å². The van der Waals surface area contributed by atoms with E-state index in [0.29, 0.717) is 23.8 Å². The van der Waals surface area contributed by atoms with E-state index in [2.05, 4.69) is 20.2 Å². The highest BCUT2D eigenvalue weighted by molar-refractivity contribution is 7.16. The van der Waals surface area contributed by atoms with Crippen molar-refractivity contribution in [1.29, 1.82) is 0 Å². The van der Waals surface area contributed by atoms with E-state index in [9.17, 15) is 18.0 Å². The van der Waals surface area contributed by atoms with E-state index in [1.165, 1.54) is 23.5 Å². The smallest absolute Gasteiger partial charge is 0.357 e. The van der Waals surface area contributed by atoms with Gasteiger partial charge in [0.25, 0.3) is 5.91 Å². The van der Waals surface area contributed by atoms with Crippen molar-refractivity contribution in [3.63, 3.8) is 0 Å². The molecule has 1 saturated heterocycles. The Morgan fingerprint density at radius 1 is 1.03 bits per heavy atom. The summed E-state index contributed by atoms with van der Waals surface area (Å²) in [5.74, 6) is 0.539. The molecule has 1 aliphatic rings. The highest BCUT2D eigenvalue weighted by Gasteiger charge is 2.31. The molecule has 0 radical (unpaired) electrons. The largest absolute Gasteiger partial charge is 0.416 e. The fraction of sp³-hybridized carbons (Fsp3) is 0.250. The number of hydrogen-bond acceptors (Lipinski definition) is 5. The SMILES string of the molecule is Cc1sc(NC(=O)c2ccc(N3CCC(c4cccc(C(F)(F)F)c4)CC3)nc2)nc1-c1ccccc1. The minimum atomic E-state index is -4.34. The summed E-state index contributed by atoms with van der Waals surface area (Å²) in [5, 5.41) is 3.39. The summed E-state index contributed by atoms with van der Waals surface area (Å²) in [6, 6.07) is 19.0. The van der Waals surface area contributed by atoms with Crippen LogP contribution in [0, 0.1) is 6.92 Å². The molecule has 0 aliphatic carbocycles. The molecule has 1 amide bonds. The number of thiazole rings is 1. The average Bonchev–Trinajstić information content (AvgIpc) is 3.28. The van der Waals surface area contributed by atoms with E-state index in [1.807, 2.05) is 43.3 Å². The summed E-state index contributed by atoms with van der Waals surface area (Å²) in [7, 11) is 0. The molecule has 190 valence electrons. The second-order valence-electron chi connectivity index (χ2n) is 9.03. The van der Waals surface area contributed by atoms with Gasteiger partial charge in [-0.1, -0.05) is 48.5 Å². The first kappa shape index (κ1) is 25.0. The van der Waals surface area contributed by atoms with Crippen LogP contribution in [-0.4, -0.2) is 29.0 Å². The molecule has 1 fully saturated rings. The van der Waals surface area contributed by atoms with Crippen molar-refractivity contribution in [2.24, 2.45) is 0 Å². The monoisotopic (exact) mass is 522 g/mol. The van der Waals surface area contributed by atoms with E-state index >= 15 is 0 Å². The number of aromatic nitrogens is 2. The average molecular weight is 523 g/mol. The standard InChI is InChI=1S/C28H25F3N4OS/c1-18-25(20-6-3-2-4-7-20)33-27(37-18)34-26(36)22-10-11-24(32-17-22)35-14-12-19(13-15-35)21-8-5-9-23(16-21)28(29,30)31/h2-11,16-17,19H,12-15H2,1H3,(H,33,34,36). The summed E-state index contributed by atoms with van der Waals surface area (Å²) in [6.07, 6.45) is -1.32. The Kier molecular flexibility index (Phi) is 6.97. The van der Waals surface area contributed by atoms with Gasteiger partial charge in [-0.3, -0.25) is 10.1 Å². The number of nitrogens with zero attached hydrogens (tertiary/aromatic N) is 3. The maximum Gasteiger partial charge on any atom is 0.416 e. The molecule has 37 heavy (non-hydrogen) atoms. The molecule has 0 atom stereocenters. The van der Waals surface area contributed by atoms with Gasteiger partial charge in [-0.25, -0.2) is 9.97 Å². The number of carbonyl (C=O) groups excluding carboxylic acids is 1. The maximum atomic E-state index is 13.1. The summed E-state index contributed by atoms with van der Waals surface area (Å²) in [4.78, 5) is 25.0. The Hall–Kier alpha value is -3.72. The van der Waals surface area contributed by atoms with Crippen LogP contribution in [0.25, 0.3) is 11.3 Å². The van der Waals surface area contributed by atoms with Crippen molar-refractivity contribution in [3.05, 3.63) is 94.5 Å². The zero-order valence-electron chi connectivity index (χ0n) is 20.1. The van der Waals surface area contributed by atoms with Gasteiger partial charge in [0, 0.05) is 29.7 Å². The first-order chi connectivity index (χ1) is 17.8. The third-order valence-corrected chi connectivity index (χ3v) is 7.46. The van der Waals surface area contributed by atoms with Crippen molar-refractivity contribution in [3.8, 4) is 11.3 Å². The fourth-order valence-electron chi connectivity index (χ4n) is 4.60. The predicted octanol–water partition coefficient (Wildman–Crippen LogP) is 7.17. The molecule has 0 unspecified atom stereocenters. The first-order valence-corrected chi connectivity index (χ1v) is 12.8. The lowest BCUT2D eigenvalue weighted by molar-refractivity contribution is -0.137. The Labute approximate surface area is 217 Å². The molecule has 0 spiro atoms. The van der Waals surface area contributed by atoms with Crippen LogP contribution < -0.4 is 10.2 Å². The van der Waals surface area contributed by atoms with Gasteiger partial charge in [-0.05, 0) is 49.4 Å². The third-order valence-electron chi connectivity index (χ3n) is 6.58. The van der Waals surface area contributed by atoms with Gasteiger partial charge >= 0.3 is 6.18 Å². The van der Waals surface area contributed by atoms with Gasteiger partial charge in [-0.15, -0.1) is 11.3 Å². The first-order valence-electron chi connectivity index (χ1n) is 12.0. The zero-order chi connectivity index (χ0) is 26.0. The molecular weight excluding hydrogens is 497 g/mol. The molecule has 1 N–H and O–H groups in total. The number of carbonyl (C=O) groups is 1. The van der Waals surface area contributed by atoms with Gasteiger partial charge in [0.05, 0.1) is 16.8 Å². The lowest BCUT2D eigenvalue weighted by atomic mass is 9.88. The van der Waals surface area contributed by atoms with E-state index < -0.39 is 11.7 Å². The Morgan fingerprint density at radius 2 is 1.78 bits per heavy atom. The highest BCUT2D eigenvalue weighted by atomic mass is 32.1. The van der Waals surface area contributed by atoms with E-state index in [4.69, 9.17) is 0 Å². The van der Waals surface area contributed by atoms with Crippen LogP contribution in [0.4, 0.5) is 24.1 Å². The molecular formula is C28H25F3N4OS. The van der Waals surface area contributed by atoms with Crippen LogP contribution in [0.2, 0.25) is 0 Å². The summed E-state index contributed by atoms with van der Waals surface area (Å²) in [6.45, 7) is 3.34. The maximum absolute atomic E-state index is 13.1. The Bertz CT molecular complexity index is 1380. The minimum absolute atomic E-state index is 0.0751. The number of benzene rings is 2. The van der Waals surface area contributed by atoms with Crippen molar-refractivity contribution in [2.45, 2.75) is 31.9 Å². The lowest BCUT2D eigenvalue weighted by Gasteiger charge is -2.33. The summed E-state index contributed by atoms with van der Waals surface area (Å²) in [5.41, 5.74) is 2.40. The van der Waals surface area contributed by atoms with Crippen LogP contribution in [-0.2, 0) is 6.18 Å². The van der Waals surface area contributed by atoms with Crippen LogP contribution in [0.3, 0.4) is 0 Å². The van der Waals surface area contributed by atoms with Gasteiger partial charge in [0.2, 0.25) is 0 Å². The second-order valence-corrected chi connectivity index (χ2v) is 10.2. The molecule has 0 bridgehead atoms. The van der Waals surface area contributed by atoms with E-state index in [0.717, 1.165) is 46.4 Å². The number of pyridine rings is 1. The minimum Gasteiger partial charge on any atom is -0.357 e. The number of hydrogen-bond donors (Lipinski definition) is 1. The second kappa shape index (κ2) is 10.3. The Morgan fingerprint density at radius 3 is 2.46 bits per heavy atom. The Balaban J connectivity index is 1.20. The van der Waals surface area contributed by atoms with Crippen molar-refractivity contribution < 1.29 is 18.0 Å². The number of nitrogens with one attached hydrogen (secondary N) is 1. The van der Waals surface area contributed by atoms with E-state index in [1.54, 1.807) is 18.3 Å². The molecule has 0 saturated carbocycles. The third kappa shape index (κ3) is 5.67. The molecule has 5 nitrogen and oxygen atoms in total. The summed E-state index contributed by atoms with van der Waals surface area (Å²) < 4.78 is 39.2. The zero-order valence-corrected chi connectivity index (χ0v) is 20.9. The van der Waals surface area contributed by atoms with Crippen molar-refractivity contribution in [1.82, 2.24) is 9.97 Å². The molecule has 1 aliphatic heterocycles.